The molecule has 0 amide bonds. The number of nitrogens with one attached hydrogen (secondary N) is 1. The number of hydrogen-bond acceptors (Lipinski definition) is 5. The van der Waals surface area contributed by atoms with E-state index in [2.05, 4.69) is 5.10 Å². The lowest BCUT2D eigenvalue weighted by Gasteiger charge is -2.07. The van der Waals surface area contributed by atoms with E-state index in [1.54, 1.807) is 18.5 Å². The maximum atomic E-state index is 10.5. The van der Waals surface area contributed by atoms with Crippen LogP contribution in [0.3, 0.4) is 0 Å². The number of nitro benzene ring substituents is 1. The zero-order chi connectivity index (χ0) is 11.5. The van der Waals surface area contributed by atoms with Crippen molar-refractivity contribution < 1.29 is 10.1 Å². The van der Waals surface area contributed by atoms with Crippen LogP contribution in [0.2, 0.25) is 0 Å². The van der Waals surface area contributed by atoms with Gasteiger partial charge in [-0.15, -0.1) is 0 Å². The molecule has 7 nitrogen and oxygen atoms in total. The highest BCUT2D eigenvalue weighted by Crippen LogP contribution is 2.24. The number of non-ortho nitro benzene ring substituents is 1. The molecule has 0 saturated carbocycles. The minimum atomic E-state index is -0.534. The minimum absolute atomic E-state index is 0.104. The van der Waals surface area contributed by atoms with Crippen molar-refractivity contribution in [1.82, 2.24) is 9.78 Å². The highest BCUT2D eigenvalue weighted by Gasteiger charge is 2.11. The van der Waals surface area contributed by atoms with E-state index in [0.29, 0.717) is 5.69 Å². The van der Waals surface area contributed by atoms with Gasteiger partial charge in [-0.25, -0.2) is 4.68 Å². The lowest BCUT2D eigenvalue weighted by atomic mass is 10.2. The van der Waals surface area contributed by atoms with Crippen LogP contribution in [0.25, 0.3) is 5.69 Å². The molecular weight excluding hydrogens is 212 g/mol. The first-order chi connectivity index (χ1) is 7.72. The number of nitrogens with zero attached hydrogens (tertiary/aromatic N) is 3. The normalized spacial score (nSPS) is 10.1. The summed E-state index contributed by atoms with van der Waals surface area (Å²) in [4.78, 5) is 10.0. The van der Waals surface area contributed by atoms with Crippen molar-refractivity contribution in [1.29, 1.82) is 0 Å². The van der Waals surface area contributed by atoms with Gasteiger partial charge in [-0.1, -0.05) is 0 Å². The highest BCUT2D eigenvalue weighted by molar-refractivity contribution is 5.63. The predicted octanol–water partition coefficient (Wildman–Crippen LogP) is 1.58. The molecule has 1 aromatic heterocycles. The highest BCUT2D eigenvalue weighted by atomic mass is 16.6. The molecule has 0 bridgehead atoms. The maximum absolute atomic E-state index is 10.5. The van der Waals surface area contributed by atoms with Crippen molar-refractivity contribution in [2.24, 2.45) is 0 Å². The number of benzene rings is 1. The van der Waals surface area contributed by atoms with Crippen LogP contribution in [0, 0.1) is 10.1 Å². The number of rotatable bonds is 3. The number of nitro groups is 1. The molecule has 0 spiro atoms. The van der Waals surface area contributed by atoms with Gasteiger partial charge in [0.05, 0.1) is 16.3 Å². The van der Waals surface area contributed by atoms with Crippen molar-refractivity contribution in [3.8, 4) is 5.69 Å². The molecule has 1 aromatic carbocycles. The minimum Gasteiger partial charge on any atom is -0.291 e. The van der Waals surface area contributed by atoms with Crippen molar-refractivity contribution in [3.05, 3.63) is 46.8 Å². The van der Waals surface area contributed by atoms with E-state index in [1.807, 2.05) is 5.48 Å². The second kappa shape index (κ2) is 3.99. The van der Waals surface area contributed by atoms with E-state index in [-0.39, 0.29) is 11.4 Å². The standard InChI is InChI=1S/C9H8N4O3/c14-11-8-6-7(13(15)16)2-3-9(8)12-5-1-4-10-12/h1-6,11,14H. The Morgan fingerprint density at radius 1 is 1.50 bits per heavy atom. The summed E-state index contributed by atoms with van der Waals surface area (Å²) in [6.45, 7) is 0. The fourth-order valence-corrected chi connectivity index (χ4v) is 1.34. The van der Waals surface area contributed by atoms with E-state index in [1.165, 1.54) is 22.9 Å². The van der Waals surface area contributed by atoms with Crippen LogP contribution < -0.4 is 5.48 Å². The molecule has 0 saturated heterocycles. The Hall–Kier alpha value is -2.41. The first-order valence-corrected chi connectivity index (χ1v) is 4.41. The number of anilines is 1. The van der Waals surface area contributed by atoms with Crippen molar-refractivity contribution >= 4 is 11.4 Å². The fraction of sp³-hybridized carbons (Fsp3) is 0. The second-order valence-corrected chi connectivity index (χ2v) is 3.02. The van der Waals surface area contributed by atoms with Gasteiger partial charge in [0.15, 0.2) is 0 Å². The van der Waals surface area contributed by atoms with Crippen molar-refractivity contribution in [2.45, 2.75) is 0 Å². The average molecular weight is 220 g/mol. The molecule has 7 heteroatoms. The molecule has 0 aliphatic carbocycles. The monoisotopic (exact) mass is 220 g/mol. The summed E-state index contributed by atoms with van der Waals surface area (Å²) in [5.74, 6) is 0. The third kappa shape index (κ3) is 1.71. The Morgan fingerprint density at radius 3 is 2.88 bits per heavy atom. The van der Waals surface area contributed by atoms with Gasteiger partial charge in [-0.05, 0) is 12.1 Å². The lowest BCUT2D eigenvalue weighted by molar-refractivity contribution is -0.384. The van der Waals surface area contributed by atoms with Gasteiger partial charge >= 0.3 is 0 Å². The smallest absolute Gasteiger partial charge is 0.271 e. The summed E-state index contributed by atoms with van der Waals surface area (Å²) >= 11 is 0. The Labute approximate surface area is 90.0 Å². The second-order valence-electron chi connectivity index (χ2n) is 3.02. The van der Waals surface area contributed by atoms with Crippen LogP contribution in [0.4, 0.5) is 11.4 Å². The van der Waals surface area contributed by atoms with Crippen LogP contribution in [-0.4, -0.2) is 19.9 Å². The van der Waals surface area contributed by atoms with Gasteiger partial charge < -0.3 is 0 Å². The van der Waals surface area contributed by atoms with Gasteiger partial charge in [0.2, 0.25) is 0 Å². The molecule has 0 aliphatic rings. The Balaban J connectivity index is 2.51. The largest absolute Gasteiger partial charge is 0.291 e. The number of aromatic nitrogens is 2. The Kier molecular flexibility index (Phi) is 2.52. The molecular formula is C9H8N4O3. The lowest BCUT2D eigenvalue weighted by Crippen LogP contribution is -2.02. The first-order valence-electron chi connectivity index (χ1n) is 4.41. The summed E-state index contributed by atoms with van der Waals surface area (Å²) < 4.78 is 1.49. The molecule has 0 unspecified atom stereocenters. The third-order valence-electron chi connectivity index (χ3n) is 2.06. The van der Waals surface area contributed by atoms with E-state index in [4.69, 9.17) is 5.21 Å². The molecule has 2 N–H and O–H groups in total. The Bertz CT molecular complexity index is 509. The van der Waals surface area contributed by atoms with Gasteiger partial charge in [0.1, 0.15) is 0 Å². The van der Waals surface area contributed by atoms with E-state index < -0.39 is 4.92 Å². The summed E-state index contributed by atoms with van der Waals surface area (Å²) in [5.41, 5.74) is 2.56. The van der Waals surface area contributed by atoms with Crippen LogP contribution in [0.15, 0.2) is 36.7 Å². The van der Waals surface area contributed by atoms with E-state index in [9.17, 15) is 10.1 Å². The van der Waals surface area contributed by atoms with Crippen LogP contribution in [0.1, 0.15) is 0 Å². The molecule has 0 radical (unpaired) electrons. The van der Waals surface area contributed by atoms with E-state index >= 15 is 0 Å². The van der Waals surface area contributed by atoms with Crippen molar-refractivity contribution in [3.63, 3.8) is 0 Å². The zero-order valence-electron chi connectivity index (χ0n) is 8.07. The molecule has 0 fully saturated rings. The average Bonchev–Trinajstić information content (AvgIpc) is 2.81. The zero-order valence-corrected chi connectivity index (χ0v) is 8.07. The van der Waals surface area contributed by atoms with Gasteiger partial charge in [0.25, 0.3) is 5.69 Å². The third-order valence-corrected chi connectivity index (χ3v) is 2.06. The topological polar surface area (TPSA) is 93.2 Å². The summed E-state index contributed by atoms with van der Waals surface area (Å²) in [6, 6.07) is 5.79. The maximum Gasteiger partial charge on any atom is 0.271 e. The number of hydrogen-bond donors (Lipinski definition) is 2. The fourth-order valence-electron chi connectivity index (χ4n) is 1.34. The molecule has 0 atom stereocenters. The molecule has 2 aromatic rings. The van der Waals surface area contributed by atoms with Gasteiger partial charge in [-0.3, -0.25) is 20.8 Å². The Morgan fingerprint density at radius 2 is 2.31 bits per heavy atom. The molecule has 0 aliphatic heterocycles. The van der Waals surface area contributed by atoms with Gasteiger partial charge in [0, 0.05) is 24.5 Å². The van der Waals surface area contributed by atoms with E-state index in [0.717, 1.165) is 0 Å². The molecule has 82 valence electrons. The quantitative estimate of drug-likeness (QED) is 0.605. The summed E-state index contributed by atoms with van der Waals surface area (Å²) in [6.07, 6.45) is 3.24. The van der Waals surface area contributed by atoms with Crippen LogP contribution in [0.5, 0.6) is 0 Å². The van der Waals surface area contributed by atoms with Crippen molar-refractivity contribution in [2.75, 3.05) is 5.48 Å². The molecule has 1 heterocycles. The summed E-state index contributed by atoms with van der Waals surface area (Å²) in [5, 5.41) is 23.4. The predicted molar refractivity (Wildman–Crippen MR) is 55.6 cm³/mol. The van der Waals surface area contributed by atoms with Crippen LogP contribution in [-0.2, 0) is 0 Å². The SMILES string of the molecule is O=[N+]([O-])c1ccc(-n2cccn2)c(NO)c1. The first kappa shape index (κ1) is 10.1. The summed E-state index contributed by atoms with van der Waals surface area (Å²) in [7, 11) is 0. The molecule has 2 rings (SSSR count). The van der Waals surface area contributed by atoms with Crippen LogP contribution >= 0.6 is 0 Å². The molecule has 16 heavy (non-hydrogen) atoms. The van der Waals surface area contributed by atoms with Gasteiger partial charge in [-0.2, -0.15) is 5.10 Å².